The second-order valence-corrected chi connectivity index (χ2v) is 6.37. The third kappa shape index (κ3) is 2.38. The molecule has 1 fully saturated rings. The maximum absolute atomic E-state index is 11.9. The van der Waals surface area contributed by atoms with Gasteiger partial charge < -0.3 is 0 Å². The standard InChI is InChI=1S/C14H13ClN2OS/c1-9-13(10-5-3-2-4-6-10)16-14(19-9)17-8-11(15)7-12(17)18/h2-6,11H,7-8H2,1H3. The van der Waals surface area contributed by atoms with Crippen LogP contribution in [0.3, 0.4) is 0 Å². The van der Waals surface area contributed by atoms with Crippen LogP contribution in [0.4, 0.5) is 5.13 Å². The molecule has 0 N–H and O–H groups in total. The van der Waals surface area contributed by atoms with Gasteiger partial charge in [-0.05, 0) is 6.92 Å². The summed E-state index contributed by atoms with van der Waals surface area (Å²) in [4.78, 5) is 19.3. The predicted molar refractivity (Wildman–Crippen MR) is 78.9 cm³/mol. The molecule has 1 aliphatic rings. The summed E-state index contributed by atoms with van der Waals surface area (Å²) in [5, 5.41) is 0.654. The first-order chi connectivity index (χ1) is 9.15. The number of aryl methyl sites for hydroxylation is 1. The molecule has 98 valence electrons. The van der Waals surface area contributed by atoms with Crippen LogP contribution in [-0.2, 0) is 4.79 Å². The number of benzene rings is 1. The van der Waals surface area contributed by atoms with Crippen molar-refractivity contribution >= 4 is 34.0 Å². The Morgan fingerprint density at radius 3 is 2.74 bits per heavy atom. The number of aromatic nitrogens is 1. The van der Waals surface area contributed by atoms with Gasteiger partial charge in [0.2, 0.25) is 5.91 Å². The molecule has 2 heterocycles. The van der Waals surface area contributed by atoms with Gasteiger partial charge in [-0.15, -0.1) is 22.9 Å². The van der Waals surface area contributed by atoms with E-state index in [1.807, 2.05) is 37.3 Å². The summed E-state index contributed by atoms with van der Waals surface area (Å²) < 4.78 is 0. The summed E-state index contributed by atoms with van der Waals surface area (Å²) >= 11 is 7.58. The molecular weight excluding hydrogens is 280 g/mol. The van der Waals surface area contributed by atoms with Gasteiger partial charge in [0.25, 0.3) is 0 Å². The zero-order valence-electron chi connectivity index (χ0n) is 10.5. The average molecular weight is 293 g/mol. The molecule has 0 saturated carbocycles. The molecule has 0 bridgehead atoms. The van der Waals surface area contributed by atoms with Crippen LogP contribution in [0.25, 0.3) is 11.3 Å². The first-order valence-electron chi connectivity index (χ1n) is 6.12. The van der Waals surface area contributed by atoms with Crippen molar-refractivity contribution in [2.45, 2.75) is 18.7 Å². The lowest BCUT2D eigenvalue weighted by molar-refractivity contribution is -0.117. The smallest absolute Gasteiger partial charge is 0.230 e. The first-order valence-corrected chi connectivity index (χ1v) is 7.37. The Morgan fingerprint density at radius 2 is 2.11 bits per heavy atom. The molecule has 1 aromatic carbocycles. The number of rotatable bonds is 2. The average Bonchev–Trinajstić information content (AvgIpc) is 2.93. The van der Waals surface area contributed by atoms with E-state index in [1.54, 1.807) is 16.2 Å². The number of amides is 1. The normalized spacial score (nSPS) is 19.2. The van der Waals surface area contributed by atoms with Crippen molar-refractivity contribution in [2.75, 3.05) is 11.4 Å². The molecule has 5 heteroatoms. The van der Waals surface area contributed by atoms with Crippen LogP contribution in [0.5, 0.6) is 0 Å². The molecule has 0 radical (unpaired) electrons. The third-order valence-electron chi connectivity index (χ3n) is 3.14. The maximum Gasteiger partial charge on any atom is 0.230 e. The number of nitrogens with zero attached hydrogens (tertiary/aromatic N) is 2. The zero-order chi connectivity index (χ0) is 13.4. The summed E-state index contributed by atoms with van der Waals surface area (Å²) in [5.74, 6) is 0.0633. The number of thiazole rings is 1. The highest BCUT2D eigenvalue weighted by molar-refractivity contribution is 7.16. The topological polar surface area (TPSA) is 33.2 Å². The number of hydrogen-bond acceptors (Lipinski definition) is 3. The van der Waals surface area contributed by atoms with E-state index < -0.39 is 0 Å². The Balaban J connectivity index is 1.96. The van der Waals surface area contributed by atoms with Crippen LogP contribution >= 0.6 is 22.9 Å². The SMILES string of the molecule is Cc1sc(N2CC(Cl)CC2=O)nc1-c1ccccc1. The van der Waals surface area contributed by atoms with Gasteiger partial charge in [-0.2, -0.15) is 0 Å². The van der Waals surface area contributed by atoms with Gasteiger partial charge in [0.05, 0.1) is 11.1 Å². The molecule has 19 heavy (non-hydrogen) atoms. The summed E-state index contributed by atoms with van der Waals surface area (Å²) in [6, 6.07) is 10.0. The molecule has 1 aliphatic heterocycles. The lowest BCUT2D eigenvalue weighted by atomic mass is 10.1. The van der Waals surface area contributed by atoms with Crippen molar-refractivity contribution in [3.63, 3.8) is 0 Å². The van der Waals surface area contributed by atoms with E-state index in [-0.39, 0.29) is 11.3 Å². The van der Waals surface area contributed by atoms with E-state index in [0.717, 1.165) is 21.3 Å². The fourth-order valence-electron chi connectivity index (χ4n) is 2.21. The summed E-state index contributed by atoms with van der Waals surface area (Å²) in [7, 11) is 0. The highest BCUT2D eigenvalue weighted by Crippen LogP contribution is 2.34. The van der Waals surface area contributed by atoms with E-state index in [4.69, 9.17) is 11.6 Å². The molecule has 0 aliphatic carbocycles. The van der Waals surface area contributed by atoms with E-state index in [2.05, 4.69) is 4.98 Å². The second kappa shape index (κ2) is 4.94. The largest absolute Gasteiger partial charge is 0.287 e. The van der Waals surface area contributed by atoms with Gasteiger partial charge in [-0.25, -0.2) is 4.98 Å². The van der Waals surface area contributed by atoms with E-state index >= 15 is 0 Å². The van der Waals surface area contributed by atoms with Crippen molar-refractivity contribution in [2.24, 2.45) is 0 Å². The van der Waals surface area contributed by atoms with Gasteiger partial charge in [0.1, 0.15) is 0 Å². The molecule has 3 nitrogen and oxygen atoms in total. The van der Waals surface area contributed by atoms with Crippen molar-refractivity contribution in [1.29, 1.82) is 0 Å². The zero-order valence-corrected chi connectivity index (χ0v) is 12.0. The summed E-state index contributed by atoms with van der Waals surface area (Å²) in [6.45, 7) is 2.59. The van der Waals surface area contributed by atoms with Crippen LogP contribution < -0.4 is 4.90 Å². The predicted octanol–water partition coefficient (Wildman–Crippen LogP) is 3.46. The van der Waals surface area contributed by atoms with E-state index in [1.165, 1.54) is 0 Å². The van der Waals surface area contributed by atoms with Crippen LogP contribution in [0.1, 0.15) is 11.3 Å². The highest BCUT2D eigenvalue weighted by Gasteiger charge is 2.31. The Labute approximate surface area is 120 Å². The number of carbonyl (C=O) groups excluding carboxylic acids is 1. The number of anilines is 1. The molecule has 0 spiro atoms. The first kappa shape index (κ1) is 12.6. The van der Waals surface area contributed by atoms with Gasteiger partial charge in [-0.1, -0.05) is 30.3 Å². The van der Waals surface area contributed by atoms with Gasteiger partial charge in [-0.3, -0.25) is 9.69 Å². The molecule has 1 aromatic heterocycles. The Hall–Kier alpha value is -1.39. The monoisotopic (exact) mass is 292 g/mol. The van der Waals surface area contributed by atoms with Crippen LogP contribution in [0.15, 0.2) is 30.3 Å². The van der Waals surface area contributed by atoms with Gasteiger partial charge in [0, 0.05) is 23.4 Å². The van der Waals surface area contributed by atoms with Crippen molar-refractivity contribution in [3.8, 4) is 11.3 Å². The Kier molecular flexibility index (Phi) is 3.29. The number of alkyl halides is 1. The van der Waals surface area contributed by atoms with Crippen molar-refractivity contribution in [1.82, 2.24) is 4.98 Å². The van der Waals surface area contributed by atoms with Gasteiger partial charge >= 0.3 is 0 Å². The Morgan fingerprint density at radius 1 is 1.37 bits per heavy atom. The minimum absolute atomic E-state index is 0.0633. The molecule has 3 rings (SSSR count). The maximum atomic E-state index is 11.9. The Bertz CT molecular complexity index is 611. The third-order valence-corrected chi connectivity index (χ3v) is 4.43. The van der Waals surface area contributed by atoms with E-state index in [0.29, 0.717) is 13.0 Å². The van der Waals surface area contributed by atoms with Crippen molar-refractivity contribution in [3.05, 3.63) is 35.2 Å². The molecule has 1 amide bonds. The molecule has 1 saturated heterocycles. The van der Waals surface area contributed by atoms with Crippen LogP contribution in [0, 0.1) is 6.92 Å². The second-order valence-electron chi connectivity index (χ2n) is 4.57. The number of hydrogen-bond donors (Lipinski definition) is 0. The van der Waals surface area contributed by atoms with E-state index in [9.17, 15) is 4.79 Å². The minimum Gasteiger partial charge on any atom is -0.287 e. The van der Waals surface area contributed by atoms with Crippen LogP contribution in [-0.4, -0.2) is 22.8 Å². The van der Waals surface area contributed by atoms with Crippen LogP contribution in [0.2, 0.25) is 0 Å². The summed E-state index contributed by atoms with van der Waals surface area (Å²) in [5.41, 5.74) is 2.03. The number of carbonyl (C=O) groups is 1. The highest BCUT2D eigenvalue weighted by atomic mass is 35.5. The lowest BCUT2D eigenvalue weighted by Crippen LogP contribution is -2.24. The fraction of sp³-hybridized carbons (Fsp3) is 0.286. The minimum atomic E-state index is -0.100. The lowest BCUT2D eigenvalue weighted by Gasteiger charge is -2.10. The quantitative estimate of drug-likeness (QED) is 0.794. The fourth-order valence-corrected chi connectivity index (χ4v) is 3.44. The molecule has 2 aromatic rings. The molecule has 1 unspecified atom stereocenters. The van der Waals surface area contributed by atoms with Gasteiger partial charge in [0.15, 0.2) is 5.13 Å². The van der Waals surface area contributed by atoms with Crippen molar-refractivity contribution < 1.29 is 4.79 Å². The molecule has 1 atom stereocenters. The summed E-state index contributed by atoms with van der Waals surface area (Å²) in [6.07, 6.45) is 0.404. The number of halogens is 1. The molecular formula is C14H13ClN2OS.